The quantitative estimate of drug-likeness (QED) is 0.899. The van der Waals surface area contributed by atoms with E-state index in [0.29, 0.717) is 19.0 Å². The fourth-order valence-electron chi connectivity index (χ4n) is 2.59. The fourth-order valence-corrected chi connectivity index (χ4v) is 2.59. The van der Waals surface area contributed by atoms with Crippen molar-refractivity contribution in [1.29, 1.82) is 0 Å². The summed E-state index contributed by atoms with van der Waals surface area (Å²) in [6.07, 6.45) is -4.73. The first-order chi connectivity index (χ1) is 11.2. The third-order valence-corrected chi connectivity index (χ3v) is 4.06. The zero-order chi connectivity index (χ0) is 17.5. The lowest BCUT2D eigenvalue weighted by molar-refractivity contribution is -0.250. The Bertz CT molecular complexity index is 756. The van der Waals surface area contributed by atoms with Gasteiger partial charge in [-0.3, -0.25) is 4.79 Å². The molecule has 2 heterocycles. The molecule has 1 N–H and O–H groups in total. The van der Waals surface area contributed by atoms with Gasteiger partial charge in [-0.1, -0.05) is 23.4 Å². The summed E-state index contributed by atoms with van der Waals surface area (Å²) in [5, 5.41) is 17.5. The molecule has 0 radical (unpaired) electrons. The number of hydrogen-bond acceptors (Lipinski definition) is 4. The molecule has 1 aromatic carbocycles. The summed E-state index contributed by atoms with van der Waals surface area (Å²) < 4.78 is 40.1. The van der Waals surface area contributed by atoms with Crippen molar-refractivity contribution in [3.63, 3.8) is 0 Å². The molecule has 0 aliphatic carbocycles. The average Bonchev–Trinajstić information content (AvgIpc) is 2.97. The molecule has 0 saturated heterocycles. The summed E-state index contributed by atoms with van der Waals surface area (Å²) in [7, 11) is 0. The number of rotatable bonds is 2. The van der Waals surface area contributed by atoms with Crippen LogP contribution in [0, 0.1) is 0 Å². The van der Waals surface area contributed by atoms with Gasteiger partial charge >= 0.3 is 6.18 Å². The first-order valence-electron chi connectivity index (χ1n) is 7.29. The number of para-hydroxylation sites is 1. The van der Waals surface area contributed by atoms with Gasteiger partial charge in [0.2, 0.25) is 5.60 Å². The van der Waals surface area contributed by atoms with Gasteiger partial charge < -0.3 is 10.0 Å². The van der Waals surface area contributed by atoms with E-state index >= 15 is 0 Å². The van der Waals surface area contributed by atoms with Crippen molar-refractivity contribution in [3.05, 3.63) is 41.7 Å². The molecule has 0 fully saturated rings. The monoisotopic (exact) mass is 340 g/mol. The van der Waals surface area contributed by atoms with E-state index < -0.39 is 17.7 Å². The maximum Gasteiger partial charge on any atom is 0.426 e. The zero-order valence-corrected chi connectivity index (χ0v) is 12.8. The standard InChI is InChI=1S/C15H15F3N4O2/c1-14(24,15(16,17)18)13(23)21-8-7-12-11(9-21)19-20-22(12)10-5-3-2-4-6-10/h2-6,24H,7-9H2,1H3. The second-order valence-electron chi connectivity index (χ2n) is 5.78. The highest BCUT2D eigenvalue weighted by Crippen LogP contribution is 2.33. The Kier molecular flexibility index (Phi) is 3.83. The van der Waals surface area contributed by atoms with Crippen LogP contribution in [0.2, 0.25) is 0 Å². The molecule has 3 rings (SSSR count). The molecule has 6 nitrogen and oxygen atoms in total. The van der Waals surface area contributed by atoms with Crippen LogP contribution in [-0.4, -0.2) is 49.2 Å². The van der Waals surface area contributed by atoms with Gasteiger partial charge in [-0.15, -0.1) is 5.10 Å². The van der Waals surface area contributed by atoms with Crippen molar-refractivity contribution < 1.29 is 23.1 Å². The van der Waals surface area contributed by atoms with E-state index in [0.717, 1.165) is 16.3 Å². The lowest BCUT2D eigenvalue weighted by Crippen LogP contribution is -2.56. The average molecular weight is 340 g/mol. The predicted molar refractivity (Wildman–Crippen MR) is 77.2 cm³/mol. The van der Waals surface area contributed by atoms with Crippen molar-refractivity contribution in [2.45, 2.75) is 31.7 Å². The van der Waals surface area contributed by atoms with Gasteiger partial charge in [0, 0.05) is 13.0 Å². The predicted octanol–water partition coefficient (Wildman–Crippen LogP) is 1.47. The maximum absolute atomic E-state index is 12.8. The second kappa shape index (κ2) is 5.59. The van der Waals surface area contributed by atoms with Gasteiger partial charge in [-0.05, 0) is 19.1 Å². The van der Waals surface area contributed by atoms with Crippen molar-refractivity contribution in [3.8, 4) is 5.69 Å². The van der Waals surface area contributed by atoms with E-state index in [9.17, 15) is 23.1 Å². The van der Waals surface area contributed by atoms with Crippen LogP contribution in [0.25, 0.3) is 5.69 Å². The number of amides is 1. The van der Waals surface area contributed by atoms with Crippen LogP contribution in [0.15, 0.2) is 30.3 Å². The van der Waals surface area contributed by atoms with Gasteiger partial charge in [-0.2, -0.15) is 13.2 Å². The number of fused-ring (bicyclic) bond motifs is 1. The first-order valence-corrected chi connectivity index (χ1v) is 7.29. The van der Waals surface area contributed by atoms with E-state index in [-0.39, 0.29) is 13.1 Å². The van der Waals surface area contributed by atoms with Crippen molar-refractivity contribution in [1.82, 2.24) is 19.9 Å². The normalized spacial score (nSPS) is 17.3. The van der Waals surface area contributed by atoms with Crippen molar-refractivity contribution in [2.75, 3.05) is 6.54 Å². The molecule has 24 heavy (non-hydrogen) atoms. The molecular formula is C15H15F3N4O2. The number of nitrogens with zero attached hydrogens (tertiary/aromatic N) is 4. The lowest BCUT2D eigenvalue weighted by Gasteiger charge is -2.33. The van der Waals surface area contributed by atoms with Crippen LogP contribution >= 0.6 is 0 Å². The van der Waals surface area contributed by atoms with E-state index in [1.165, 1.54) is 0 Å². The minimum absolute atomic E-state index is 0.0538. The Morgan fingerprint density at radius 3 is 2.54 bits per heavy atom. The Labute approximate surface area is 135 Å². The van der Waals surface area contributed by atoms with Crippen molar-refractivity contribution in [2.24, 2.45) is 0 Å². The van der Waals surface area contributed by atoms with Crippen molar-refractivity contribution >= 4 is 5.91 Å². The van der Waals surface area contributed by atoms with E-state index in [1.807, 2.05) is 30.3 Å². The molecule has 0 spiro atoms. The third kappa shape index (κ3) is 2.64. The van der Waals surface area contributed by atoms with Crippen LogP contribution in [0.5, 0.6) is 0 Å². The molecule has 1 atom stereocenters. The lowest BCUT2D eigenvalue weighted by atomic mass is 10.0. The van der Waals surface area contributed by atoms with E-state index in [4.69, 9.17) is 0 Å². The van der Waals surface area contributed by atoms with Crippen LogP contribution < -0.4 is 0 Å². The smallest absolute Gasteiger partial charge is 0.373 e. The Morgan fingerprint density at radius 2 is 1.92 bits per heavy atom. The summed E-state index contributed by atoms with van der Waals surface area (Å²) in [6.45, 7) is 0.400. The third-order valence-electron chi connectivity index (χ3n) is 4.06. The molecule has 1 unspecified atom stereocenters. The number of aromatic nitrogens is 3. The molecule has 9 heteroatoms. The van der Waals surface area contributed by atoms with Gasteiger partial charge in [-0.25, -0.2) is 4.68 Å². The first kappa shape index (κ1) is 16.4. The molecule has 0 saturated carbocycles. The fraction of sp³-hybridized carbons (Fsp3) is 0.400. The summed E-state index contributed by atoms with van der Waals surface area (Å²) >= 11 is 0. The zero-order valence-electron chi connectivity index (χ0n) is 12.8. The van der Waals surface area contributed by atoms with Gasteiger partial charge in [0.25, 0.3) is 5.91 Å². The van der Waals surface area contributed by atoms with E-state index in [1.54, 1.807) is 4.68 Å². The van der Waals surface area contributed by atoms with Crippen LogP contribution in [-0.2, 0) is 17.8 Å². The largest absolute Gasteiger partial charge is 0.426 e. The van der Waals surface area contributed by atoms with Crippen LogP contribution in [0.3, 0.4) is 0 Å². The SMILES string of the molecule is CC(O)(C(=O)N1CCc2c(nnn2-c2ccccc2)C1)C(F)(F)F. The van der Waals surface area contributed by atoms with Gasteiger partial charge in [0.1, 0.15) is 5.69 Å². The minimum Gasteiger partial charge on any atom is -0.373 e. The highest BCUT2D eigenvalue weighted by molar-refractivity contribution is 5.85. The summed E-state index contributed by atoms with van der Waals surface area (Å²) in [5.41, 5.74) is -1.46. The number of halogens is 3. The minimum atomic E-state index is -5.04. The molecular weight excluding hydrogens is 325 g/mol. The van der Waals surface area contributed by atoms with Crippen LogP contribution in [0.4, 0.5) is 13.2 Å². The molecule has 1 aliphatic heterocycles. The number of hydrogen-bond donors (Lipinski definition) is 1. The number of carbonyl (C=O) groups is 1. The van der Waals surface area contributed by atoms with Crippen LogP contribution in [0.1, 0.15) is 18.3 Å². The highest BCUT2D eigenvalue weighted by Gasteiger charge is 2.57. The van der Waals surface area contributed by atoms with Gasteiger partial charge in [0.15, 0.2) is 0 Å². The number of benzene rings is 1. The molecule has 2 aromatic rings. The molecule has 1 amide bonds. The molecule has 128 valence electrons. The Morgan fingerprint density at radius 1 is 1.25 bits per heavy atom. The maximum atomic E-state index is 12.8. The summed E-state index contributed by atoms with van der Waals surface area (Å²) in [6, 6.07) is 9.19. The number of aliphatic hydroxyl groups is 1. The molecule has 0 bridgehead atoms. The number of alkyl halides is 3. The molecule has 1 aromatic heterocycles. The van der Waals surface area contributed by atoms with E-state index in [2.05, 4.69) is 10.3 Å². The molecule has 1 aliphatic rings. The summed E-state index contributed by atoms with van der Waals surface area (Å²) in [4.78, 5) is 13.0. The summed E-state index contributed by atoms with van der Waals surface area (Å²) in [5.74, 6) is -1.38. The highest BCUT2D eigenvalue weighted by atomic mass is 19.4. The number of carbonyl (C=O) groups excluding carboxylic acids is 1. The van der Waals surface area contributed by atoms with Gasteiger partial charge in [0.05, 0.1) is 17.9 Å². The Balaban J connectivity index is 1.84. The second-order valence-corrected chi connectivity index (χ2v) is 5.78. The Hall–Kier alpha value is -2.42. The topological polar surface area (TPSA) is 71.2 Å².